The van der Waals surface area contributed by atoms with Gasteiger partial charge in [0.25, 0.3) is 0 Å². The van der Waals surface area contributed by atoms with Crippen molar-refractivity contribution in [3.05, 3.63) is 0 Å². The highest BCUT2D eigenvalue weighted by Crippen LogP contribution is 2.15. The Bertz CT molecular complexity index is 89.3. The van der Waals surface area contributed by atoms with Crippen LogP contribution in [0, 0.1) is 0 Å². The fraction of sp³-hybridized carbons (Fsp3) is 1.00. The molecular formula is C8H17NO. The van der Waals surface area contributed by atoms with E-state index in [9.17, 15) is 0 Å². The van der Waals surface area contributed by atoms with Gasteiger partial charge in [-0.3, -0.25) is 0 Å². The zero-order valence-electron chi connectivity index (χ0n) is 6.68. The first-order valence-electron chi connectivity index (χ1n) is 4.21. The molecule has 0 aliphatic carbocycles. The standard InChI is InChI=1S/C8H17NO/c1-2-7(9)8-5-3-4-6-10-8/h7-8H,2-6,9H2,1H3/t7-,8-/m0/s1. The van der Waals surface area contributed by atoms with Crippen molar-refractivity contribution >= 4 is 0 Å². The van der Waals surface area contributed by atoms with Crippen LogP contribution >= 0.6 is 0 Å². The summed E-state index contributed by atoms with van der Waals surface area (Å²) in [6.07, 6.45) is 5.05. The van der Waals surface area contributed by atoms with Gasteiger partial charge in [-0.05, 0) is 25.7 Å². The molecule has 0 aromatic rings. The number of ether oxygens (including phenoxy) is 1. The molecule has 1 fully saturated rings. The van der Waals surface area contributed by atoms with E-state index in [0.29, 0.717) is 6.10 Å². The average molecular weight is 143 g/mol. The lowest BCUT2D eigenvalue weighted by Gasteiger charge is -2.26. The summed E-state index contributed by atoms with van der Waals surface area (Å²) in [4.78, 5) is 0. The third kappa shape index (κ3) is 1.96. The smallest absolute Gasteiger partial charge is 0.0725 e. The van der Waals surface area contributed by atoms with Crippen molar-refractivity contribution in [2.24, 2.45) is 5.73 Å². The first-order chi connectivity index (χ1) is 4.84. The molecular weight excluding hydrogens is 126 g/mol. The molecule has 60 valence electrons. The minimum Gasteiger partial charge on any atom is -0.377 e. The number of nitrogens with two attached hydrogens (primary N) is 1. The van der Waals surface area contributed by atoms with E-state index in [2.05, 4.69) is 6.92 Å². The molecule has 0 bridgehead atoms. The van der Waals surface area contributed by atoms with Crippen LogP contribution in [0.4, 0.5) is 0 Å². The maximum atomic E-state index is 5.82. The molecule has 1 saturated heterocycles. The van der Waals surface area contributed by atoms with Gasteiger partial charge in [-0.25, -0.2) is 0 Å². The SMILES string of the molecule is CC[C@H](N)[C@@H]1CCCCO1. The highest BCUT2D eigenvalue weighted by atomic mass is 16.5. The predicted molar refractivity (Wildman–Crippen MR) is 41.9 cm³/mol. The van der Waals surface area contributed by atoms with E-state index < -0.39 is 0 Å². The van der Waals surface area contributed by atoms with Gasteiger partial charge in [0.05, 0.1) is 6.10 Å². The molecule has 0 unspecified atom stereocenters. The maximum absolute atomic E-state index is 5.82. The monoisotopic (exact) mass is 143 g/mol. The molecule has 1 aliphatic rings. The fourth-order valence-electron chi connectivity index (χ4n) is 1.37. The van der Waals surface area contributed by atoms with E-state index in [1.165, 1.54) is 12.8 Å². The Morgan fingerprint density at radius 3 is 2.90 bits per heavy atom. The number of hydrogen-bond donors (Lipinski definition) is 1. The van der Waals surface area contributed by atoms with Gasteiger partial charge in [0.1, 0.15) is 0 Å². The van der Waals surface area contributed by atoms with Gasteiger partial charge in [0.2, 0.25) is 0 Å². The molecule has 10 heavy (non-hydrogen) atoms. The van der Waals surface area contributed by atoms with Gasteiger partial charge in [0, 0.05) is 12.6 Å². The van der Waals surface area contributed by atoms with Gasteiger partial charge in [-0.1, -0.05) is 6.92 Å². The van der Waals surface area contributed by atoms with E-state index in [1.54, 1.807) is 0 Å². The Morgan fingerprint density at radius 1 is 1.60 bits per heavy atom. The largest absolute Gasteiger partial charge is 0.377 e. The van der Waals surface area contributed by atoms with Crippen LogP contribution in [0.1, 0.15) is 32.6 Å². The first-order valence-corrected chi connectivity index (χ1v) is 4.21. The van der Waals surface area contributed by atoms with Gasteiger partial charge in [-0.15, -0.1) is 0 Å². The Kier molecular flexibility index (Phi) is 3.16. The zero-order valence-corrected chi connectivity index (χ0v) is 6.68. The Labute approximate surface area is 62.7 Å². The van der Waals surface area contributed by atoms with Crippen LogP contribution in [0.5, 0.6) is 0 Å². The summed E-state index contributed by atoms with van der Waals surface area (Å²) >= 11 is 0. The average Bonchev–Trinajstić information content (AvgIpc) is 2.05. The summed E-state index contributed by atoms with van der Waals surface area (Å²) in [6, 6.07) is 0.264. The van der Waals surface area contributed by atoms with Crippen LogP contribution < -0.4 is 5.73 Å². The predicted octanol–water partition coefficient (Wildman–Crippen LogP) is 1.29. The van der Waals surface area contributed by atoms with Crippen molar-refractivity contribution in [1.82, 2.24) is 0 Å². The topological polar surface area (TPSA) is 35.2 Å². The maximum Gasteiger partial charge on any atom is 0.0725 e. The summed E-state index contributed by atoms with van der Waals surface area (Å²) in [5.74, 6) is 0. The summed E-state index contributed by atoms with van der Waals surface area (Å²) in [5.41, 5.74) is 5.82. The number of rotatable bonds is 2. The van der Waals surface area contributed by atoms with Crippen molar-refractivity contribution in [2.75, 3.05) is 6.61 Å². The molecule has 2 nitrogen and oxygen atoms in total. The van der Waals surface area contributed by atoms with Gasteiger partial charge in [0.15, 0.2) is 0 Å². The van der Waals surface area contributed by atoms with Crippen LogP contribution in [0.3, 0.4) is 0 Å². The quantitative estimate of drug-likeness (QED) is 0.632. The second kappa shape index (κ2) is 3.94. The van der Waals surface area contributed by atoms with Crippen LogP contribution in [0.25, 0.3) is 0 Å². The summed E-state index contributed by atoms with van der Waals surface area (Å²) in [7, 11) is 0. The highest BCUT2D eigenvalue weighted by Gasteiger charge is 2.19. The second-order valence-electron chi connectivity index (χ2n) is 2.98. The summed E-state index contributed by atoms with van der Waals surface area (Å²) in [6.45, 7) is 3.03. The third-order valence-corrected chi connectivity index (χ3v) is 2.16. The van der Waals surface area contributed by atoms with Crippen molar-refractivity contribution in [3.8, 4) is 0 Å². The molecule has 2 atom stereocenters. The Hall–Kier alpha value is -0.0800. The van der Waals surface area contributed by atoms with Crippen molar-refractivity contribution in [3.63, 3.8) is 0 Å². The molecule has 1 rings (SSSR count). The first kappa shape index (κ1) is 8.02. The highest BCUT2D eigenvalue weighted by molar-refractivity contribution is 4.74. The second-order valence-corrected chi connectivity index (χ2v) is 2.98. The van der Waals surface area contributed by atoms with E-state index in [1.807, 2.05) is 0 Å². The lowest BCUT2D eigenvalue weighted by atomic mass is 10.0. The summed E-state index contributed by atoms with van der Waals surface area (Å²) in [5, 5.41) is 0. The fourth-order valence-corrected chi connectivity index (χ4v) is 1.37. The van der Waals surface area contributed by atoms with E-state index in [-0.39, 0.29) is 6.04 Å². The van der Waals surface area contributed by atoms with E-state index >= 15 is 0 Å². The Morgan fingerprint density at radius 2 is 2.40 bits per heavy atom. The lowest BCUT2D eigenvalue weighted by Crippen LogP contribution is -2.38. The molecule has 0 radical (unpaired) electrons. The van der Waals surface area contributed by atoms with E-state index in [0.717, 1.165) is 19.4 Å². The normalized spacial score (nSPS) is 30.0. The molecule has 0 spiro atoms. The molecule has 0 aromatic heterocycles. The molecule has 0 aromatic carbocycles. The lowest BCUT2D eigenvalue weighted by molar-refractivity contribution is -0.0000974. The van der Waals surface area contributed by atoms with Crippen molar-refractivity contribution < 1.29 is 4.74 Å². The molecule has 2 heteroatoms. The minimum absolute atomic E-state index is 0.264. The van der Waals surface area contributed by atoms with Crippen molar-refractivity contribution in [2.45, 2.75) is 44.8 Å². The molecule has 2 N–H and O–H groups in total. The van der Waals surface area contributed by atoms with Gasteiger partial charge in [-0.2, -0.15) is 0 Å². The third-order valence-electron chi connectivity index (χ3n) is 2.16. The minimum atomic E-state index is 0.264. The Balaban J connectivity index is 2.24. The van der Waals surface area contributed by atoms with Gasteiger partial charge >= 0.3 is 0 Å². The molecule has 0 saturated carbocycles. The summed E-state index contributed by atoms with van der Waals surface area (Å²) < 4.78 is 5.51. The van der Waals surface area contributed by atoms with Crippen LogP contribution in [-0.4, -0.2) is 18.8 Å². The molecule has 0 amide bonds. The van der Waals surface area contributed by atoms with Crippen LogP contribution in [-0.2, 0) is 4.74 Å². The van der Waals surface area contributed by atoms with Crippen LogP contribution in [0.2, 0.25) is 0 Å². The zero-order chi connectivity index (χ0) is 7.40. The number of hydrogen-bond acceptors (Lipinski definition) is 2. The van der Waals surface area contributed by atoms with Crippen LogP contribution in [0.15, 0.2) is 0 Å². The van der Waals surface area contributed by atoms with Gasteiger partial charge < -0.3 is 10.5 Å². The molecule has 1 aliphatic heterocycles. The van der Waals surface area contributed by atoms with E-state index in [4.69, 9.17) is 10.5 Å². The molecule has 1 heterocycles. The van der Waals surface area contributed by atoms with Crippen molar-refractivity contribution in [1.29, 1.82) is 0 Å².